The SMILES string of the molecule is COC(=O)C(NC1CCCC1)C1CCCCCC1. The molecule has 104 valence electrons. The zero-order valence-electron chi connectivity index (χ0n) is 11.6. The van der Waals surface area contributed by atoms with Gasteiger partial charge in [-0.2, -0.15) is 0 Å². The van der Waals surface area contributed by atoms with Crippen molar-refractivity contribution in [3.63, 3.8) is 0 Å². The van der Waals surface area contributed by atoms with E-state index < -0.39 is 0 Å². The molecular formula is C15H27NO2. The van der Waals surface area contributed by atoms with E-state index in [-0.39, 0.29) is 12.0 Å². The summed E-state index contributed by atoms with van der Waals surface area (Å²) in [5, 5.41) is 3.59. The number of nitrogens with one attached hydrogen (secondary N) is 1. The van der Waals surface area contributed by atoms with E-state index in [1.807, 2.05) is 0 Å². The van der Waals surface area contributed by atoms with Crippen LogP contribution >= 0.6 is 0 Å². The molecule has 0 saturated heterocycles. The number of methoxy groups -OCH3 is 1. The maximum absolute atomic E-state index is 12.0. The topological polar surface area (TPSA) is 38.3 Å². The van der Waals surface area contributed by atoms with Crippen molar-refractivity contribution in [3.05, 3.63) is 0 Å². The van der Waals surface area contributed by atoms with Gasteiger partial charge in [-0.25, -0.2) is 0 Å². The summed E-state index contributed by atoms with van der Waals surface area (Å²) in [5.41, 5.74) is 0. The summed E-state index contributed by atoms with van der Waals surface area (Å²) in [5.74, 6) is 0.439. The molecule has 3 nitrogen and oxygen atoms in total. The van der Waals surface area contributed by atoms with Crippen LogP contribution in [0, 0.1) is 5.92 Å². The molecule has 18 heavy (non-hydrogen) atoms. The lowest BCUT2D eigenvalue weighted by molar-refractivity contribution is -0.145. The minimum absolute atomic E-state index is 0.0474. The zero-order valence-corrected chi connectivity index (χ0v) is 11.6. The Labute approximate surface area is 111 Å². The van der Waals surface area contributed by atoms with Gasteiger partial charge in [0.1, 0.15) is 6.04 Å². The standard InChI is InChI=1S/C15H27NO2/c1-18-15(17)14(16-13-10-6-7-11-13)12-8-4-2-3-5-9-12/h12-14,16H,2-11H2,1H3. The highest BCUT2D eigenvalue weighted by Crippen LogP contribution is 2.28. The van der Waals surface area contributed by atoms with E-state index in [9.17, 15) is 4.79 Å². The van der Waals surface area contributed by atoms with Crippen molar-refractivity contribution in [3.8, 4) is 0 Å². The first-order valence-electron chi connectivity index (χ1n) is 7.65. The van der Waals surface area contributed by atoms with E-state index >= 15 is 0 Å². The molecule has 0 radical (unpaired) electrons. The monoisotopic (exact) mass is 253 g/mol. The van der Waals surface area contributed by atoms with Crippen LogP contribution in [0.25, 0.3) is 0 Å². The highest BCUT2D eigenvalue weighted by atomic mass is 16.5. The Morgan fingerprint density at radius 2 is 1.56 bits per heavy atom. The van der Waals surface area contributed by atoms with Crippen LogP contribution in [0.15, 0.2) is 0 Å². The Morgan fingerprint density at radius 1 is 1.00 bits per heavy atom. The number of carbonyl (C=O) groups excluding carboxylic acids is 1. The van der Waals surface area contributed by atoms with Crippen LogP contribution in [-0.4, -0.2) is 25.2 Å². The number of hydrogen-bond acceptors (Lipinski definition) is 3. The van der Waals surface area contributed by atoms with E-state index in [1.165, 1.54) is 71.3 Å². The van der Waals surface area contributed by atoms with Crippen LogP contribution < -0.4 is 5.32 Å². The molecule has 1 atom stereocenters. The Morgan fingerprint density at radius 3 is 2.11 bits per heavy atom. The van der Waals surface area contributed by atoms with E-state index in [4.69, 9.17) is 4.74 Å². The molecule has 3 heteroatoms. The fourth-order valence-electron chi connectivity index (χ4n) is 3.51. The Balaban J connectivity index is 1.95. The van der Waals surface area contributed by atoms with E-state index in [0.29, 0.717) is 12.0 Å². The molecule has 2 aliphatic rings. The molecule has 0 aromatic rings. The van der Waals surface area contributed by atoms with E-state index in [2.05, 4.69) is 5.32 Å². The summed E-state index contributed by atoms with van der Waals surface area (Å²) in [6.07, 6.45) is 12.6. The molecule has 0 heterocycles. The van der Waals surface area contributed by atoms with Gasteiger partial charge in [-0.3, -0.25) is 4.79 Å². The summed E-state index contributed by atoms with van der Waals surface area (Å²) >= 11 is 0. The van der Waals surface area contributed by atoms with Gasteiger partial charge in [-0.1, -0.05) is 38.5 Å². The third kappa shape index (κ3) is 3.71. The Hall–Kier alpha value is -0.570. The van der Waals surface area contributed by atoms with Gasteiger partial charge in [0, 0.05) is 6.04 Å². The summed E-state index contributed by atoms with van der Waals surface area (Å²) in [7, 11) is 1.52. The maximum Gasteiger partial charge on any atom is 0.323 e. The molecule has 0 bridgehead atoms. The third-order valence-electron chi connectivity index (χ3n) is 4.60. The molecule has 2 rings (SSSR count). The van der Waals surface area contributed by atoms with Gasteiger partial charge in [0.25, 0.3) is 0 Å². The van der Waals surface area contributed by atoms with Crippen LogP contribution in [0.2, 0.25) is 0 Å². The number of hydrogen-bond donors (Lipinski definition) is 1. The maximum atomic E-state index is 12.0. The zero-order chi connectivity index (χ0) is 12.8. The first-order chi connectivity index (χ1) is 8.81. The minimum atomic E-state index is -0.0591. The van der Waals surface area contributed by atoms with Crippen molar-refractivity contribution in [1.29, 1.82) is 0 Å². The first kappa shape index (κ1) is 13.9. The van der Waals surface area contributed by atoms with Gasteiger partial charge in [-0.05, 0) is 31.6 Å². The third-order valence-corrected chi connectivity index (χ3v) is 4.60. The molecule has 1 N–H and O–H groups in total. The van der Waals surface area contributed by atoms with Crippen molar-refractivity contribution in [2.45, 2.75) is 76.3 Å². The Bertz CT molecular complexity index is 253. The number of esters is 1. The van der Waals surface area contributed by atoms with Crippen molar-refractivity contribution < 1.29 is 9.53 Å². The van der Waals surface area contributed by atoms with E-state index in [1.54, 1.807) is 0 Å². The molecule has 2 fully saturated rings. The lowest BCUT2D eigenvalue weighted by Crippen LogP contribution is -2.47. The van der Waals surface area contributed by atoms with Gasteiger partial charge in [0.05, 0.1) is 7.11 Å². The smallest absolute Gasteiger partial charge is 0.323 e. The molecule has 2 aliphatic carbocycles. The summed E-state index contributed by atoms with van der Waals surface area (Å²) in [6.45, 7) is 0. The van der Waals surface area contributed by atoms with Crippen LogP contribution in [0.5, 0.6) is 0 Å². The lowest BCUT2D eigenvalue weighted by Gasteiger charge is -2.28. The largest absolute Gasteiger partial charge is 0.468 e. The second-order valence-electron chi connectivity index (χ2n) is 5.90. The fourth-order valence-corrected chi connectivity index (χ4v) is 3.51. The van der Waals surface area contributed by atoms with Gasteiger partial charge < -0.3 is 10.1 Å². The predicted octanol–water partition coefficient (Wildman–Crippen LogP) is 3.03. The van der Waals surface area contributed by atoms with Crippen molar-refractivity contribution in [2.75, 3.05) is 7.11 Å². The minimum Gasteiger partial charge on any atom is -0.468 e. The normalized spacial score (nSPS) is 24.7. The van der Waals surface area contributed by atoms with Crippen molar-refractivity contribution in [1.82, 2.24) is 5.32 Å². The second kappa shape index (κ2) is 7.13. The molecule has 2 saturated carbocycles. The van der Waals surface area contributed by atoms with Gasteiger partial charge >= 0.3 is 5.97 Å². The molecule has 0 aromatic carbocycles. The quantitative estimate of drug-likeness (QED) is 0.618. The van der Waals surface area contributed by atoms with Crippen molar-refractivity contribution >= 4 is 5.97 Å². The summed E-state index contributed by atoms with van der Waals surface area (Å²) in [4.78, 5) is 12.0. The predicted molar refractivity (Wildman–Crippen MR) is 72.4 cm³/mol. The molecule has 1 unspecified atom stereocenters. The van der Waals surface area contributed by atoms with Gasteiger partial charge in [-0.15, -0.1) is 0 Å². The van der Waals surface area contributed by atoms with E-state index in [0.717, 1.165) is 0 Å². The molecule has 0 aromatic heterocycles. The average Bonchev–Trinajstić information content (AvgIpc) is 2.76. The van der Waals surface area contributed by atoms with Gasteiger partial charge in [0.2, 0.25) is 0 Å². The molecule has 0 aliphatic heterocycles. The number of carbonyl (C=O) groups is 1. The average molecular weight is 253 g/mol. The first-order valence-corrected chi connectivity index (χ1v) is 7.65. The van der Waals surface area contributed by atoms with Crippen LogP contribution in [0.3, 0.4) is 0 Å². The number of ether oxygens (including phenoxy) is 1. The molecule has 0 amide bonds. The van der Waals surface area contributed by atoms with Crippen LogP contribution in [-0.2, 0) is 9.53 Å². The van der Waals surface area contributed by atoms with Gasteiger partial charge in [0.15, 0.2) is 0 Å². The lowest BCUT2D eigenvalue weighted by atomic mass is 9.91. The highest BCUT2D eigenvalue weighted by molar-refractivity contribution is 5.76. The van der Waals surface area contributed by atoms with Crippen molar-refractivity contribution in [2.24, 2.45) is 5.92 Å². The Kier molecular flexibility index (Phi) is 5.48. The summed E-state index contributed by atoms with van der Waals surface area (Å²) < 4.78 is 5.02. The molecular weight excluding hydrogens is 226 g/mol. The van der Waals surface area contributed by atoms with Crippen LogP contribution in [0.4, 0.5) is 0 Å². The fraction of sp³-hybridized carbons (Fsp3) is 0.933. The van der Waals surface area contributed by atoms with Crippen LogP contribution in [0.1, 0.15) is 64.2 Å². The second-order valence-corrected chi connectivity index (χ2v) is 5.90. The summed E-state index contributed by atoms with van der Waals surface area (Å²) in [6, 6.07) is 0.480. The molecule has 0 spiro atoms. The number of rotatable bonds is 4. The highest BCUT2D eigenvalue weighted by Gasteiger charge is 2.32.